The van der Waals surface area contributed by atoms with E-state index >= 15 is 0 Å². The lowest BCUT2D eigenvalue weighted by molar-refractivity contribution is -0.133. The first-order valence-electron chi connectivity index (χ1n) is 17.5. The molecule has 0 saturated carbocycles. The highest BCUT2D eigenvalue weighted by Gasteiger charge is 2.30. The molecule has 2 aromatic carbocycles. The minimum atomic E-state index is -0.969. The van der Waals surface area contributed by atoms with Crippen LogP contribution in [0.25, 0.3) is 0 Å². The first kappa shape index (κ1) is 38.7. The number of ether oxygens (including phenoxy) is 1. The van der Waals surface area contributed by atoms with Crippen LogP contribution in [0.2, 0.25) is 0 Å². The van der Waals surface area contributed by atoms with Crippen molar-refractivity contribution < 1.29 is 33.5 Å². The second-order valence-electron chi connectivity index (χ2n) is 12.7. The summed E-state index contributed by atoms with van der Waals surface area (Å²) in [4.78, 5) is 80.3. The van der Waals surface area contributed by atoms with Gasteiger partial charge in [-0.3, -0.25) is 28.8 Å². The minimum absolute atomic E-state index is 0.0184. The topological polar surface area (TPSA) is 201 Å². The number of nitrogens with two attached hydrogens (primary N) is 1. The van der Waals surface area contributed by atoms with Crippen molar-refractivity contribution in [3.8, 4) is 0 Å². The Labute approximate surface area is 298 Å². The Morgan fingerprint density at radius 1 is 0.882 bits per heavy atom. The van der Waals surface area contributed by atoms with Crippen LogP contribution in [0, 0.1) is 5.92 Å². The fourth-order valence-corrected chi connectivity index (χ4v) is 6.07. The number of hydrogen-bond acceptors (Lipinski definition) is 8. The number of benzene rings is 2. The Balaban J connectivity index is 1.53. The normalized spacial score (nSPS) is 22.0. The molecule has 274 valence electrons. The summed E-state index contributed by atoms with van der Waals surface area (Å²) in [5.74, 6) is -2.79. The smallest absolute Gasteiger partial charge is 0.246 e. The van der Waals surface area contributed by atoms with Crippen LogP contribution >= 0.6 is 0 Å². The quantitative estimate of drug-likeness (QED) is 0.204. The molecule has 3 atom stereocenters. The average molecular weight is 704 g/mol. The predicted molar refractivity (Wildman–Crippen MR) is 190 cm³/mol. The van der Waals surface area contributed by atoms with E-state index in [-0.39, 0.29) is 63.9 Å². The van der Waals surface area contributed by atoms with Crippen molar-refractivity contribution in [2.24, 2.45) is 11.7 Å². The summed E-state index contributed by atoms with van der Waals surface area (Å²) in [6, 6.07) is 15.3. The zero-order valence-electron chi connectivity index (χ0n) is 28.9. The lowest BCUT2D eigenvalue weighted by Gasteiger charge is -2.32. The van der Waals surface area contributed by atoms with E-state index in [0.29, 0.717) is 44.5 Å². The van der Waals surface area contributed by atoms with E-state index in [1.165, 1.54) is 11.0 Å². The van der Waals surface area contributed by atoms with Crippen molar-refractivity contribution in [2.75, 3.05) is 45.9 Å². The summed E-state index contributed by atoms with van der Waals surface area (Å²) >= 11 is 0. The second-order valence-corrected chi connectivity index (χ2v) is 12.7. The molecule has 0 aliphatic carbocycles. The van der Waals surface area contributed by atoms with Crippen molar-refractivity contribution in [1.82, 2.24) is 31.5 Å². The third kappa shape index (κ3) is 13.3. The highest BCUT2D eigenvalue weighted by Crippen LogP contribution is 2.18. The first-order chi connectivity index (χ1) is 24.7. The van der Waals surface area contributed by atoms with Crippen LogP contribution in [0.3, 0.4) is 0 Å². The summed E-state index contributed by atoms with van der Waals surface area (Å²) in [5, 5.41) is 14.2. The summed E-state index contributed by atoms with van der Waals surface area (Å²) in [7, 11) is 0. The predicted octanol–water partition coefficient (Wildman–Crippen LogP) is -0.146. The molecule has 51 heavy (non-hydrogen) atoms. The first-order valence-corrected chi connectivity index (χ1v) is 17.5. The fraction of sp³-hybridized carbons (Fsp3) is 0.459. The van der Waals surface area contributed by atoms with Crippen molar-refractivity contribution in [3.05, 3.63) is 83.4 Å². The highest BCUT2D eigenvalue weighted by atomic mass is 16.5. The monoisotopic (exact) mass is 703 g/mol. The maximum absolute atomic E-state index is 13.5. The zero-order chi connectivity index (χ0) is 36.4. The third-order valence-electron chi connectivity index (χ3n) is 8.72. The lowest BCUT2D eigenvalue weighted by atomic mass is 9.95. The van der Waals surface area contributed by atoms with E-state index in [1.54, 1.807) is 12.1 Å². The molecule has 7 N–H and O–H groups in total. The maximum atomic E-state index is 13.5. The third-order valence-corrected chi connectivity index (χ3v) is 8.72. The summed E-state index contributed by atoms with van der Waals surface area (Å²) in [6.45, 7) is 1.97. The van der Waals surface area contributed by atoms with E-state index in [1.807, 2.05) is 42.5 Å². The van der Waals surface area contributed by atoms with E-state index < -0.39 is 41.6 Å². The van der Waals surface area contributed by atoms with Gasteiger partial charge in [-0.05, 0) is 42.4 Å². The molecule has 4 rings (SSSR count). The van der Waals surface area contributed by atoms with Crippen LogP contribution in [0.4, 0.5) is 0 Å². The Morgan fingerprint density at radius 2 is 1.65 bits per heavy atom. The number of amides is 6. The molecule has 6 amide bonds. The van der Waals surface area contributed by atoms with Gasteiger partial charge in [-0.15, -0.1) is 0 Å². The lowest BCUT2D eigenvalue weighted by Crippen LogP contribution is -2.49. The van der Waals surface area contributed by atoms with E-state index in [4.69, 9.17) is 10.5 Å². The number of fused-ring (bicyclic) bond motifs is 3. The second kappa shape index (κ2) is 20.6. The number of carbonyl (C=O) groups excluding carboxylic acids is 6. The summed E-state index contributed by atoms with van der Waals surface area (Å²) in [5.41, 5.74) is 7.79. The van der Waals surface area contributed by atoms with Gasteiger partial charge in [0.2, 0.25) is 35.4 Å². The van der Waals surface area contributed by atoms with Gasteiger partial charge in [0.1, 0.15) is 6.04 Å². The van der Waals surface area contributed by atoms with E-state index in [2.05, 4.69) is 26.6 Å². The van der Waals surface area contributed by atoms with Crippen molar-refractivity contribution >= 4 is 35.4 Å². The van der Waals surface area contributed by atoms with Gasteiger partial charge in [-0.1, -0.05) is 54.6 Å². The van der Waals surface area contributed by atoms with Crippen molar-refractivity contribution in [3.63, 3.8) is 0 Å². The highest BCUT2D eigenvalue weighted by molar-refractivity contribution is 5.97. The number of nitrogens with zero attached hydrogens (tertiary/aromatic N) is 1. The van der Waals surface area contributed by atoms with Crippen LogP contribution in [-0.2, 0) is 52.9 Å². The van der Waals surface area contributed by atoms with Crippen LogP contribution in [0.1, 0.15) is 42.4 Å². The molecule has 2 bridgehead atoms. The molecule has 2 aliphatic rings. The Hall–Kier alpha value is -5.08. The summed E-state index contributed by atoms with van der Waals surface area (Å²) < 4.78 is 5.32. The van der Waals surface area contributed by atoms with Gasteiger partial charge >= 0.3 is 0 Å². The molecule has 0 radical (unpaired) electrons. The van der Waals surface area contributed by atoms with Crippen LogP contribution in [-0.4, -0.2) is 98.4 Å². The number of rotatable bonds is 8. The Bertz CT molecular complexity index is 1530. The van der Waals surface area contributed by atoms with Crippen molar-refractivity contribution in [2.45, 2.75) is 57.2 Å². The molecule has 2 aromatic rings. The fourth-order valence-electron chi connectivity index (χ4n) is 6.07. The molecule has 2 aliphatic heterocycles. The molecule has 1 fully saturated rings. The van der Waals surface area contributed by atoms with Gasteiger partial charge in [0, 0.05) is 63.9 Å². The number of nitrogens with one attached hydrogen (secondary N) is 5. The molecule has 0 unspecified atom stereocenters. The van der Waals surface area contributed by atoms with E-state index in [9.17, 15) is 28.8 Å². The van der Waals surface area contributed by atoms with Crippen LogP contribution < -0.4 is 32.3 Å². The van der Waals surface area contributed by atoms with Gasteiger partial charge in [-0.25, -0.2) is 0 Å². The Kier molecular flexibility index (Phi) is 15.6. The minimum Gasteiger partial charge on any atom is -0.378 e. The SMILES string of the molecule is NCCOCCNC(=O)[C@@H]1CCNC(=O)/C=C/C(=O)N2CCC[C@H](C2)C(=O)N[C@@H](Cc2ccccc2)CC(=O)NCc2ccccc2CC(=O)N1. The Morgan fingerprint density at radius 3 is 2.43 bits per heavy atom. The molecule has 14 nitrogen and oxygen atoms in total. The number of hydrogen-bond donors (Lipinski definition) is 6. The standard InChI is InChI=1S/C37H49N7O7/c38-15-19-51-20-17-40-37(50)31-14-16-39-32(45)12-13-35(48)44-18-6-11-29(25-44)36(49)42-30(21-26-7-2-1-3-8-26)23-33(46)41-24-28-10-5-4-9-27(28)22-34(47)43-31/h1-5,7-10,12-13,29-31H,6,11,14-25,38H2,(H,39,45)(H,40,50)(H,41,46)(H,42,49)(H,43,47)/b13-12+/t29-,30+,31+/m1/s1. The molecule has 0 spiro atoms. The molecule has 14 heteroatoms. The van der Waals surface area contributed by atoms with Crippen LogP contribution in [0.5, 0.6) is 0 Å². The van der Waals surface area contributed by atoms with E-state index in [0.717, 1.165) is 17.2 Å². The van der Waals surface area contributed by atoms with Crippen LogP contribution in [0.15, 0.2) is 66.7 Å². The van der Waals surface area contributed by atoms with Gasteiger partial charge in [0.15, 0.2) is 0 Å². The van der Waals surface area contributed by atoms with Crippen molar-refractivity contribution in [1.29, 1.82) is 0 Å². The largest absolute Gasteiger partial charge is 0.378 e. The van der Waals surface area contributed by atoms with Gasteiger partial charge < -0.3 is 42.0 Å². The number of carbonyl (C=O) groups is 6. The molecule has 1 saturated heterocycles. The summed E-state index contributed by atoms with van der Waals surface area (Å²) in [6.07, 6.45) is 3.96. The maximum Gasteiger partial charge on any atom is 0.246 e. The van der Waals surface area contributed by atoms with Gasteiger partial charge in [0.05, 0.1) is 25.6 Å². The molecular formula is C37H49N7O7. The van der Waals surface area contributed by atoms with Gasteiger partial charge in [0.25, 0.3) is 0 Å². The average Bonchev–Trinajstić information content (AvgIpc) is 3.13. The molecular weight excluding hydrogens is 654 g/mol. The zero-order valence-corrected chi connectivity index (χ0v) is 28.9. The van der Waals surface area contributed by atoms with Gasteiger partial charge in [-0.2, -0.15) is 0 Å². The molecule has 2 heterocycles. The number of piperidine rings is 1. The molecule has 0 aromatic heterocycles.